The quantitative estimate of drug-likeness (QED) is 0.218. The van der Waals surface area contributed by atoms with Crippen molar-refractivity contribution in [3.05, 3.63) is 125 Å². The van der Waals surface area contributed by atoms with Crippen molar-refractivity contribution in [3.8, 4) is 5.75 Å². The maximum Gasteiger partial charge on any atom is 0.255 e. The fraction of sp³-hybridized carbons (Fsp3) is 0.270. The Kier molecular flexibility index (Phi) is 10.7. The van der Waals surface area contributed by atoms with Crippen molar-refractivity contribution in [2.45, 2.75) is 32.2 Å². The monoisotopic (exact) mass is 622 g/mol. The predicted octanol–water partition coefficient (Wildman–Crippen LogP) is 6.25. The first-order valence-electron chi connectivity index (χ1n) is 15.6. The highest BCUT2D eigenvalue weighted by Gasteiger charge is 2.27. The van der Waals surface area contributed by atoms with Crippen molar-refractivity contribution in [2.24, 2.45) is 0 Å². The van der Waals surface area contributed by atoms with Gasteiger partial charge in [-0.1, -0.05) is 55.5 Å². The first kappa shape index (κ1) is 32.2. The van der Waals surface area contributed by atoms with E-state index in [4.69, 9.17) is 4.74 Å². The highest BCUT2D eigenvalue weighted by atomic mass is 19.1. The maximum atomic E-state index is 13.7. The topological polar surface area (TPSA) is 91.0 Å². The van der Waals surface area contributed by atoms with Crippen LogP contribution in [-0.4, -0.2) is 55.9 Å². The molecule has 1 atom stereocenters. The number of ether oxygens (including phenoxy) is 1. The molecule has 5 rings (SSSR count). The first-order chi connectivity index (χ1) is 22.4. The molecule has 1 heterocycles. The lowest BCUT2D eigenvalue weighted by Gasteiger charge is -2.28. The molecule has 4 aromatic rings. The normalized spacial score (nSPS) is 13.8. The fourth-order valence-corrected chi connectivity index (χ4v) is 5.76. The van der Waals surface area contributed by atoms with Gasteiger partial charge in [0.05, 0.1) is 18.6 Å². The molecule has 1 saturated heterocycles. The first-order valence-corrected chi connectivity index (χ1v) is 15.6. The fourth-order valence-electron chi connectivity index (χ4n) is 5.76. The summed E-state index contributed by atoms with van der Waals surface area (Å²) in [7, 11) is 1.54. The van der Waals surface area contributed by atoms with Crippen LogP contribution < -0.4 is 20.3 Å². The molecular weight excluding hydrogens is 583 g/mol. The largest absolute Gasteiger partial charge is 0.497 e. The molecule has 0 spiro atoms. The summed E-state index contributed by atoms with van der Waals surface area (Å²) in [5, 5.41) is 5.84. The van der Waals surface area contributed by atoms with E-state index in [-0.39, 0.29) is 36.0 Å². The van der Waals surface area contributed by atoms with Crippen molar-refractivity contribution in [1.29, 1.82) is 0 Å². The van der Waals surface area contributed by atoms with E-state index in [9.17, 15) is 18.8 Å². The van der Waals surface area contributed by atoms with Crippen LogP contribution in [0.25, 0.3) is 0 Å². The number of benzene rings is 4. The Balaban J connectivity index is 1.36. The van der Waals surface area contributed by atoms with E-state index in [1.165, 1.54) is 19.2 Å². The third-order valence-electron chi connectivity index (χ3n) is 8.25. The van der Waals surface area contributed by atoms with Crippen LogP contribution in [-0.2, 0) is 11.3 Å². The van der Waals surface area contributed by atoms with E-state index in [2.05, 4.69) is 15.5 Å². The zero-order valence-corrected chi connectivity index (χ0v) is 26.2. The highest BCUT2D eigenvalue weighted by molar-refractivity contribution is 6.06. The number of anilines is 2. The summed E-state index contributed by atoms with van der Waals surface area (Å²) in [5.74, 6) is -0.538. The van der Waals surface area contributed by atoms with E-state index < -0.39 is 0 Å². The van der Waals surface area contributed by atoms with Crippen LogP contribution in [0.2, 0.25) is 0 Å². The molecule has 3 amide bonds. The van der Waals surface area contributed by atoms with Gasteiger partial charge in [-0.3, -0.25) is 14.4 Å². The van der Waals surface area contributed by atoms with Gasteiger partial charge in [-0.25, -0.2) is 4.39 Å². The number of amides is 3. The number of nitrogens with one attached hydrogen (secondary N) is 2. The number of hydrogen-bond acceptors (Lipinski definition) is 5. The Morgan fingerprint density at radius 1 is 0.848 bits per heavy atom. The average Bonchev–Trinajstić information content (AvgIpc) is 3.35. The van der Waals surface area contributed by atoms with Gasteiger partial charge >= 0.3 is 0 Å². The zero-order chi connectivity index (χ0) is 32.5. The molecule has 0 bridgehead atoms. The molecule has 1 aliphatic rings. The minimum Gasteiger partial charge on any atom is -0.497 e. The smallest absolute Gasteiger partial charge is 0.255 e. The summed E-state index contributed by atoms with van der Waals surface area (Å²) in [6.07, 6.45) is 1.45. The third-order valence-corrected chi connectivity index (χ3v) is 8.25. The van der Waals surface area contributed by atoms with E-state index in [0.717, 1.165) is 17.5 Å². The molecule has 0 saturated carbocycles. The molecule has 0 radical (unpaired) electrons. The lowest BCUT2D eigenvalue weighted by molar-refractivity contribution is -0.132. The number of nitrogens with zero attached hydrogens (tertiary/aromatic N) is 2. The van der Waals surface area contributed by atoms with Gasteiger partial charge in [0, 0.05) is 49.7 Å². The van der Waals surface area contributed by atoms with E-state index in [0.29, 0.717) is 60.9 Å². The summed E-state index contributed by atoms with van der Waals surface area (Å²) >= 11 is 0. The lowest BCUT2D eigenvalue weighted by atomic mass is 9.95. The van der Waals surface area contributed by atoms with Gasteiger partial charge in [0.2, 0.25) is 5.91 Å². The SMILES string of the molecule is CC[C@H](C(=O)N1CCCN(c2ccc(NC(=O)c3cccc(OC)c3)cc2C(=O)NCc2ccc(F)cc2)CC1)c1ccccc1. The summed E-state index contributed by atoms with van der Waals surface area (Å²) in [6.45, 7) is 4.58. The number of rotatable bonds is 10. The average molecular weight is 623 g/mol. The Labute approximate surface area is 269 Å². The highest BCUT2D eigenvalue weighted by Crippen LogP contribution is 2.28. The molecule has 1 aliphatic heterocycles. The Morgan fingerprint density at radius 3 is 2.37 bits per heavy atom. The maximum absolute atomic E-state index is 13.7. The Hall–Kier alpha value is -5.18. The molecule has 0 aliphatic carbocycles. The van der Waals surface area contributed by atoms with Gasteiger partial charge in [-0.15, -0.1) is 0 Å². The van der Waals surface area contributed by atoms with Crippen LogP contribution in [0.3, 0.4) is 0 Å². The molecule has 0 unspecified atom stereocenters. The molecule has 2 N–H and O–H groups in total. The summed E-state index contributed by atoms with van der Waals surface area (Å²) in [5.41, 5.74) is 3.75. The van der Waals surface area contributed by atoms with Gasteiger partial charge in [0.15, 0.2) is 0 Å². The molecular formula is C37H39FN4O4. The Morgan fingerprint density at radius 2 is 1.63 bits per heavy atom. The molecule has 1 fully saturated rings. The number of halogens is 1. The second-order valence-corrected chi connectivity index (χ2v) is 11.3. The van der Waals surface area contributed by atoms with E-state index >= 15 is 0 Å². The minimum absolute atomic E-state index is 0.114. The molecule has 46 heavy (non-hydrogen) atoms. The molecule has 9 heteroatoms. The molecule has 0 aromatic heterocycles. The molecule has 8 nitrogen and oxygen atoms in total. The number of carbonyl (C=O) groups is 3. The van der Waals surface area contributed by atoms with Crippen LogP contribution in [0.15, 0.2) is 97.1 Å². The lowest BCUT2D eigenvalue weighted by Crippen LogP contribution is -2.38. The zero-order valence-electron chi connectivity index (χ0n) is 26.2. The van der Waals surface area contributed by atoms with Crippen molar-refractivity contribution in [2.75, 3.05) is 43.5 Å². The van der Waals surface area contributed by atoms with Gasteiger partial charge < -0.3 is 25.2 Å². The van der Waals surface area contributed by atoms with Crippen molar-refractivity contribution < 1.29 is 23.5 Å². The number of hydrogen-bond donors (Lipinski definition) is 2. The molecule has 238 valence electrons. The van der Waals surface area contributed by atoms with Crippen LogP contribution >= 0.6 is 0 Å². The van der Waals surface area contributed by atoms with Gasteiger partial charge in [0.1, 0.15) is 11.6 Å². The van der Waals surface area contributed by atoms with Gasteiger partial charge in [-0.2, -0.15) is 0 Å². The van der Waals surface area contributed by atoms with Crippen LogP contribution in [0.5, 0.6) is 5.75 Å². The van der Waals surface area contributed by atoms with Crippen LogP contribution in [0.4, 0.5) is 15.8 Å². The molecule has 4 aromatic carbocycles. The Bertz CT molecular complexity index is 1660. The summed E-state index contributed by atoms with van der Waals surface area (Å²) < 4.78 is 18.7. The summed E-state index contributed by atoms with van der Waals surface area (Å²) in [4.78, 5) is 44.4. The second-order valence-electron chi connectivity index (χ2n) is 11.3. The van der Waals surface area contributed by atoms with Crippen LogP contribution in [0, 0.1) is 5.82 Å². The third kappa shape index (κ3) is 7.90. The van der Waals surface area contributed by atoms with Crippen molar-refractivity contribution >= 4 is 29.1 Å². The van der Waals surface area contributed by atoms with Crippen molar-refractivity contribution in [3.63, 3.8) is 0 Å². The number of carbonyl (C=O) groups excluding carboxylic acids is 3. The standard InChI is InChI=1S/C37H39FN4O4/c1-3-32(27-9-5-4-6-10-27)37(45)42-20-8-19-41(21-22-42)34-18-17-30(40-35(43)28-11-7-12-31(23-28)46-2)24-33(34)36(44)39-25-26-13-15-29(38)16-14-26/h4-7,9-18,23-24,32H,3,8,19-22,25H2,1-2H3,(H,39,44)(H,40,43)/t32-/m0/s1. The van der Waals surface area contributed by atoms with Gasteiger partial charge in [0.25, 0.3) is 11.8 Å². The van der Waals surface area contributed by atoms with E-state index in [1.807, 2.05) is 48.2 Å². The van der Waals surface area contributed by atoms with Gasteiger partial charge in [-0.05, 0) is 72.5 Å². The minimum atomic E-state index is -0.348. The summed E-state index contributed by atoms with van der Waals surface area (Å²) in [6, 6.07) is 27.9. The second kappa shape index (κ2) is 15.2. The van der Waals surface area contributed by atoms with Crippen molar-refractivity contribution in [1.82, 2.24) is 10.2 Å². The van der Waals surface area contributed by atoms with Crippen LogP contribution in [0.1, 0.15) is 57.5 Å². The van der Waals surface area contributed by atoms with E-state index in [1.54, 1.807) is 48.5 Å². The number of methoxy groups -OCH3 is 1. The predicted molar refractivity (Wildman–Crippen MR) is 178 cm³/mol.